The van der Waals surface area contributed by atoms with Gasteiger partial charge in [0.05, 0.1) is 12.2 Å². The Morgan fingerprint density at radius 2 is 1.45 bits per heavy atom. The summed E-state index contributed by atoms with van der Waals surface area (Å²) in [4.78, 5) is 11.1. The second kappa shape index (κ2) is 9.78. The van der Waals surface area contributed by atoms with Crippen LogP contribution in [-0.2, 0) is 19.8 Å². The van der Waals surface area contributed by atoms with Crippen molar-refractivity contribution in [2.75, 3.05) is 0 Å². The minimum atomic E-state index is -0.239. The van der Waals surface area contributed by atoms with E-state index in [0.29, 0.717) is 47.9 Å². The Morgan fingerprint density at radius 1 is 0.806 bits per heavy atom. The van der Waals surface area contributed by atoms with Crippen LogP contribution in [0, 0.1) is 0 Å². The number of aldehydes is 1. The van der Waals surface area contributed by atoms with Gasteiger partial charge in [-0.2, -0.15) is 0 Å². The largest absolute Gasteiger partial charge is 0.489 e. The van der Waals surface area contributed by atoms with Gasteiger partial charge in [-0.15, -0.1) is 0 Å². The Kier molecular flexibility index (Phi) is 6.45. The Labute approximate surface area is 180 Å². The molecule has 4 aromatic rings. The number of aliphatic hydroxyl groups excluding tert-OH is 1. The van der Waals surface area contributed by atoms with Crippen LogP contribution < -0.4 is 9.47 Å². The molecular formula is C26H22O5. The van der Waals surface area contributed by atoms with Crippen LogP contribution in [-0.4, -0.2) is 11.4 Å². The van der Waals surface area contributed by atoms with E-state index < -0.39 is 0 Å². The number of hydrogen-bond donors (Lipinski definition) is 1. The normalized spacial score (nSPS) is 10.6. The molecule has 0 atom stereocenters. The summed E-state index contributed by atoms with van der Waals surface area (Å²) < 4.78 is 17.7. The summed E-state index contributed by atoms with van der Waals surface area (Å²) in [6.45, 7) is 0.484. The van der Waals surface area contributed by atoms with Crippen LogP contribution in [0.1, 0.15) is 27.2 Å². The number of carbonyl (C=O) groups excluding carboxylic acids is 1. The van der Waals surface area contributed by atoms with Crippen LogP contribution in [0.2, 0.25) is 0 Å². The monoisotopic (exact) mass is 414 g/mol. The maximum absolute atomic E-state index is 11.1. The van der Waals surface area contributed by atoms with Gasteiger partial charge < -0.3 is 19.0 Å². The van der Waals surface area contributed by atoms with Crippen molar-refractivity contribution in [1.29, 1.82) is 0 Å². The molecule has 0 aliphatic rings. The van der Waals surface area contributed by atoms with E-state index in [1.807, 2.05) is 60.7 Å². The summed E-state index contributed by atoms with van der Waals surface area (Å²) >= 11 is 0. The highest BCUT2D eigenvalue weighted by atomic mass is 16.5. The first kappa shape index (κ1) is 20.4. The van der Waals surface area contributed by atoms with Gasteiger partial charge in [-0.3, -0.25) is 4.79 Å². The maximum atomic E-state index is 11.1. The van der Waals surface area contributed by atoms with E-state index in [0.717, 1.165) is 11.1 Å². The van der Waals surface area contributed by atoms with E-state index in [-0.39, 0.29) is 12.4 Å². The smallest absolute Gasteiger partial charge is 0.185 e. The second-order valence-corrected chi connectivity index (χ2v) is 6.98. The summed E-state index contributed by atoms with van der Waals surface area (Å²) in [5.74, 6) is 1.73. The zero-order valence-corrected chi connectivity index (χ0v) is 16.9. The van der Waals surface area contributed by atoms with Gasteiger partial charge in [0.25, 0.3) is 0 Å². The quantitative estimate of drug-likeness (QED) is 0.371. The number of furan rings is 1. The van der Waals surface area contributed by atoms with Gasteiger partial charge in [-0.05, 0) is 34.9 Å². The lowest BCUT2D eigenvalue weighted by atomic mass is 10.0. The van der Waals surface area contributed by atoms with E-state index in [4.69, 9.17) is 13.9 Å². The number of hydrogen-bond acceptors (Lipinski definition) is 5. The van der Waals surface area contributed by atoms with E-state index in [1.54, 1.807) is 24.3 Å². The lowest BCUT2D eigenvalue weighted by Gasteiger charge is -2.16. The Morgan fingerprint density at radius 3 is 2.03 bits per heavy atom. The molecule has 0 aliphatic heterocycles. The third kappa shape index (κ3) is 5.02. The van der Waals surface area contributed by atoms with Crippen LogP contribution >= 0.6 is 0 Å². The molecule has 0 spiro atoms. The van der Waals surface area contributed by atoms with Gasteiger partial charge >= 0.3 is 0 Å². The molecule has 0 fully saturated rings. The van der Waals surface area contributed by atoms with Gasteiger partial charge in [0.1, 0.15) is 30.5 Å². The number of aliphatic hydroxyl groups is 1. The fourth-order valence-corrected chi connectivity index (χ4v) is 3.27. The van der Waals surface area contributed by atoms with Crippen LogP contribution in [0.4, 0.5) is 0 Å². The molecular weight excluding hydrogens is 392 g/mol. The Hall–Kier alpha value is -3.83. The Balaban J connectivity index is 1.68. The fourth-order valence-electron chi connectivity index (χ4n) is 3.27. The van der Waals surface area contributed by atoms with Crippen LogP contribution in [0.15, 0.2) is 89.3 Å². The van der Waals surface area contributed by atoms with E-state index in [9.17, 15) is 9.90 Å². The van der Waals surface area contributed by atoms with E-state index in [1.165, 1.54) is 0 Å². The predicted octanol–water partition coefficient (Wildman–Crippen LogP) is 5.41. The highest BCUT2D eigenvalue weighted by Gasteiger charge is 2.18. The third-order valence-electron chi connectivity index (χ3n) is 4.80. The van der Waals surface area contributed by atoms with Crippen molar-refractivity contribution in [2.45, 2.75) is 19.8 Å². The van der Waals surface area contributed by atoms with Gasteiger partial charge in [-0.1, -0.05) is 60.7 Å². The van der Waals surface area contributed by atoms with Crippen molar-refractivity contribution in [3.63, 3.8) is 0 Å². The number of ether oxygens (including phenoxy) is 2. The second-order valence-electron chi connectivity index (χ2n) is 6.98. The topological polar surface area (TPSA) is 68.9 Å². The molecule has 0 unspecified atom stereocenters. The van der Waals surface area contributed by atoms with Crippen molar-refractivity contribution in [3.8, 4) is 22.8 Å². The molecule has 5 heteroatoms. The maximum Gasteiger partial charge on any atom is 0.185 e. The molecule has 3 aromatic carbocycles. The highest BCUT2D eigenvalue weighted by Crippen LogP contribution is 2.39. The van der Waals surface area contributed by atoms with E-state index >= 15 is 0 Å². The number of carbonyl (C=O) groups is 1. The molecule has 1 heterocycles. The third-order valence-corrected chi connectivity index (χ3v) is 4.80. The average Bonchev–Trinajstić information content (AvgIpc) is 3.31. The molecule has 0 radical (unpaired) electrons. The van der Waals surface area contributed by atoms with Crippen LogP contribution in [0.5, 0.6) is 11.5 Å². The standard InChI is InChI=1S/C26H22O5/c27-15-21-13-23(29-17-19-7-3-1-4-8-19)14-25(30-18-20-9-5-2-6-10-20)26(21)24-12-11-22(16-28)31-24/h1-14,16,27H,15,17-18H2. The lowest BCUT2D eigenvalue weighted by Crippen LogP contribution is -2.02. The first-order valence-corrected chi connectivity index (χ1v) is 9.93. The number of benzene rings is 3. The van der Waals surface area contributed by atoms with Gasteiger partial charge in [-0.25, -0.2) is 0 Å². The van der Waals surface area contributed by atoms with Crippen molar-refractivity contribution < 1.29 is 23.8 Å². The minimum Gasteiger partial charge on any atom is -0.489 e. The van der Waals surface area contributed by atoms with Crippen molar-refractivity contribution in [3.05, 3.63) is 107 Å². The molecule has 4 rings (SSSR count). The highest BCUT2D eigenvalue weighted by molar-refractivity contribution is 5.76. The Bertz CT molecular complexity index is 1130. The molecule has 0 bridgehead atoms. The zero-order chi connectivity index (χ0) is 21.5. The van der Waals surface area contributed by atoms with Gasteiger partial charge in [0, 0.05) is 6.07 Å². The molecule has 1 N–H and O–H groups in total. The molecule has 0 aliphatic carbocycles. The lowest BCUT2D eigenvalue weighted by molar-refractivity contribution is 0.110. The molecule has 0 saturated carbocycles. The molecule has 0 amide bonds. The summed E-state index contributed by atoms with van der Waals surface area (Å²) in [5, 5.41) is 10.0. The van der Waals surface area contributed by atoms with Gasteiger partial charge in [0.2, 0.25) is 0 Å². The van der Waals surface area contributed by atoms with Crippen molar-refractivity contribution in [2.24, 2.45) is 0 Å². The fraction of sp³-hybridized carbons (Fsp3) is 0.115. The summed E-state index contributed by atoms with van der Waals surface area (Å²) in [5.41, 5.74) is 3.21. The average molecular weight is 414 g/mol. The van der Waals surface area contributed by atoms with Crippen LogP contribution in [0.25, 0.3) is 11.3 Å². The molecule has 156 valence electrons. The predicted molar refractivity (Wildman–Crippen MR) is 117 cm³/mol. The van der Waals surface area contributed by atoms with Crippen LogP contribution in [0.3, 0.4) is 0 Å². The van der Waals surface area contributed by atoms with E-state index in [2.05, 4.69) is 0 Å². The minimum absolute atomic E-state index is 0.206. The SMILES string of the molecule is O=Cc1ccc(-c2c(CO)cc(OCc3ccccc3)cc2OCc2ccccc2)o1. The van der Waals surface area contributed by atoms with Crippen molar-refractivity contribution >= 4 is 6.29 Å². The summed E-state index contributed by atoms with van der Waals surface area (Å²) in [6.07, 6.45) is 0.643. The van der Waals surface area contributed by atoms with Gasteiger partial charge in [0.15, 0.2) is 12.0 Å². The summed E-state index contributed by atoms with van der Waals surface area (Å²) in [7, 11) is 0. The molecule has 31 heavy (non-hydrogen) atoms. The first-order chi connectivity index (χ1) is 15.3. The molecule has 5 nitrogen and oxygen atoms in total. The van der Waals surface area contributed by atoms with Crippen molar-refractivity contribution in [1.82, 2.24) is 0 Å². The zero-order valence-electron chi connectivity index (χ0n) is 16.9. The summed E-state index contributed by atoms with van der Waals surface area (Å²) in [6, 6.07) is 26.4. The first-order valence-electron chi connectivity index (χ1n) is 9.93. The molecule has 0 saturated heterocycles. The molecule has 1 aromatic heterocycles. The number of rotatable bonds is 9.